The predicted molar refractivity (Wildman–Crippen MR) is 124 cm³/mol. The van der Waals surface area contributed by atoms with Crippen LogP contribution >= 0.6 is 0 Å². The zero-order chi connectivity index (χ0) is 25.2. The van der Waals surface area contributed by atoms with E-state index in [-0.39, 0.29) is 25.5 Å². The van der Waals surface area contributed by atoms with Gasteiger partial charge < -0.3 is 20.1 Å². The third-order valence-corrected chi connectivity index (χ3v) is 6.86. The molecule has 1 saturated heterocycles. The van der Waals surface area contributed by atoms with Gasteiger partial charge in [-0.05, 0) is 28.7 Å². The van der Waals surface area contributed by atoms with E-state index in [1.165, 1.54) is 0 Å². The molecule has 0 bridgehead atoms. The molecule has 2 aromatic carbocycles. The quantitative estimate of drug-likeness (QED) is 0.610. The van der Waals surface area contributed by atoms with Gasteiger partial charge in [-0.1, -0.05) is 55.5 Å². The van der Waals surface area contributed by atoms with E-state index < -0.39 is 48.8 Å². The number of halogens is 2. The number of piperidine rings is 1. The number of benzene rings is 2. The second-order valence-electron chi connectivity index (χ2n) is 9.02. The molecule has 2 atom stereocenters. The van der Waals surface area contributed by atoms with Crippen molar-refractivity contribution in [3.8, 4) is 11.1 Å². The van der Waals surface area contributed by atoms with E-state index in [1.807, 2.05) is 48.5 Å². The molecule has 1 fully saturated rings. The molecule has 9 heteroatoms. The standard InChI is InChI=1S/C26H28F2N2O5/c1-2-16(13-23(31)30-12-11-26(27,28)22(14-30)24(32)33)29-25(34)35-15-21-19-9-5-3-7-17(19)18-8-4-6-10-20(18)21/h3-10,16,21-22H,2,11-15H2,1H3,(H,29,34)(H,32,33)/t16-,22?/m0/s1. The lowest BCUT2D eigenvalue weighted by molar-refractivity contribution is -0.169. The van der Waals surface area contributed by atoms with Gasteiger partial charge in [0, 0.05) is 37.9 Å². The monoisotopic (exact) mass is 486 g/mol. The van der Waals surface area contributed by atoms with Crippen molar-refractivity contribution >= 4 is 18.0 Å². The summed E-state index contributed by atoms with van der Waals surface area (Å²) in [5.74, 6) is -7.49. The first kappa shape index (κ1) is 24.6. The van der Waals surface area contributed by atoms with E-state index in [0.717, 1.165) is 27.2 Å². The van der Waals surface area contributed by atoms with Crippen LogP contribution in [0.5, 0.6) is 0 Å². The number of hydrogen-bond donors (Lipinski definition) is 2. The Hall–Kier alpha value is -3.49. The van der Waals surface area contributed by atoms with E-state index in [2.05, 4.69) is 5.32 Å². The molecular formula is C26H28F2N2O5. The van der Waals surface area contributed by atoms with Gasteiger partial charge in [-0.3, -0.25) is 9.59 Å². The van der Waals surface area contributed by atoms with Gasteiger partial charge in [0.25, 0.3) is 5.92 Å². The number of carbonyl (C=O) groups excluding carboxylic acids is 2. The minimum Gasteiger partial charge on any atom is -0.481 e. The summed E-state index contributed by atoms with van der Waals surface area (Å²) in [5, 5.41) is 11.8. The maximum atomic E-state index is 13.9. The van der Waals surface area contributed by atoms with Gasteiger partial charge in [-0.15, -0.1) is 0 Å². The molecule has 1 aliphatic heterocycles. The summed E-state index contributed by atoms with van der Waals surface area (Å²) in [7, 11) is 0. The molecule has 0 spiro atoms. The number of nitrogens with zero attached hydrogens (tertiary/aromatic N) is 1. The topological polar surface area (TPSA) is 95.9 Å². The van der Waals surface area contributed by atoms with Crippen LogP contribution in [0.15, 0.2) is 48.5 Å². The fourth-order valence-corrected chi connectivity index (χ4v) is 4.83. The molecule has 1 heterocycles. The average molecular weight is 487 g/mol. The fraction of sp³-hybridized carbons (Fsp3) is 0.423. The van der Waals surface area contributed by atoms with E-state index >= 15 is 0 Å². The predicted octanol–water partition coefficient (Wildman–Crippen LogP) is 4.26. The number of hydrogen-bond acceptors (Lipinski definition) is 4. The number of carboxylic acids is 1. The first-order valence-electron chi connectivity index (χ1n) is 11.7. The van der Waals surface area contributed by atoms with Crippen LogP contribution in [0.25, 0.3) is 11.1 Å². The van der Waals surface area contributed by atoms with Crippen molar-refractivity contribution in [2.45, 2.75) is 44.1 Å². The summed E-state index contributed by atoms with van der Waals surface area (Å²) in [6, 6.07) is 15.4. The second kappa shape index (κ2) is 10.0. The Labute approximate surface area is 202 Å². The number of alkyl carbamates (subject to hydrolysis) is 1. The van der Waals surface area contributed by atoms with Crippen LogP contribution in [-0.4, -0.2) is 59.6 Å². The summed E-state index contributed by atoms with van der Waals surface area (Å²) in [5.41, 5.74) is 4.39. The molecule has 0 saturated carbocycles. The molecular weight excluding hydrogens is 458 g/mol. The summed E-state index contributed by atoms with van der Waals surface area (Å²) < 4.78 is 33.2. The first-order valence-corrected chi connectivity index (χ1v) is 11.7. The van der Waals surface area contributed by atoms with Gasteiger partial charge >= 0.3 is 12.1 Å². The third-order valence-electron chi connectivity index (χ3n) is 6.86. The van der Waals surface area contributed by atoms with Crippen molar-refractivity contribution in [2.75, 3.05) is 19.7 Å². The van der Waals surface area contributed by atoms with Crippen LogP contribution in [-0.2, 0) is 14.3 Å². The highest BCUT2D eigenvalue weighted by molar-refractivity contribution is 5.80. The maximum absolute atomic E-state index is 13.9. The van der Waals surface area contributed by atoms with E-state index in [0.29, 0.717) is 6.42 Å². The summed E-state index contributed by atoms with van der Waals surface area (Å²) >= 11 is 0. The molecule has 2 amide bonds. The number of fused-ring (bicyclic) bond motifs is 3. The average Bonchev–Trinajstić information content (AvgIpc) is 3.15. The van der Waals surface area contributed by atoms with Gasteiger partial charge in [0.05, 0.1) is 0 Å². The van der Waals surface area contributed by atoms with Gasteiger partial charge in [0.15, 0.2) is 0 Å². The maximum Gasteiger partial charge on any atom is 0.407 e. The highest BCUT2D eigenvalue weighted by Gasteiger charge is 2.49. The molecule has 186 valence electrons. The van der Waals surface area contributed by atoms with E-state index in [9.17, 15) is 23.2 Å². The van der Waals surface area contributed by atoms with Crippen LogP contribution in [0.1, 0.15) is 43.2 Å². The number of ether oxygens (including phenoxy) is 1. The summed E-state index contributed by atoms with van der Waals surface area (Å²) in [6.45, 7) is 1.14. The minimum atomic E-state index is -3.35. The molecule has 4 rings (SSSR count). The number of nitrogens with one attached hydrogen (secondary N) is 1. The second-order valence-corrected chi connectivity index (χ2v) is 9.02. The summed E-state index contributed by atoms with van der Waals surface area (Å²) in [6.07, 6.45) is -1.08. The molecule has 2 aliphatic rings. The molecule has 2 aromatic rings. The Bertz CT molecular complexity index is 1080. The molecule has 2 N–H and O–H groups in total. The van der Waals surface area contributed by atoms with Crippen molar-refractivity contribution < 1.29 is 33.0 Å². The summed E-state index contributed by atoms with van der Waals surface area (Å²) in [4.78, 5) is 37.6. The fourth-order valence-electron chi connectivity index (χ4n) is 4.83. The van der Waals surface area contributed by atoms with Gasteiger partial charge in [0.1, 0.15) is 12.5 Å². The van der Waals surface area contributed by atoms with Gasteiger partial charge in [0.2, 0.25) is 5.91 Å². The molecule has 1 aliphatic carbocycles. The highest BCUT2D eigenvalue weighted by atomic mass is 19.3. The Morgan fingerprint density at radius 2 is 1.71 bits per heavy atom. The van der Waals surface area contributed by atoms with E-state index in [4.69, 9.17) is 9.84 Å². The Balaban J connectivity index is 1.33. The first-order chi connectivity index (χ1) is 16.7. The molecule has 1 unspecified atom stereocenters. The molecule has 0 aromatic heterocycles. The largest absolute Gasteiger partial charge is 0.481 e. The Morgan fingerprint density at radius 1 is 1.11 bits per heavy atom. The number of rotatable bonds is 7. The number of carbonyl (C=O) groups is 3. The number of carboxylic acid groups (broad SMARTS) is 1. The van der Waals surface area contributed by atoms with Crippen molar-refractivity contribution in [2.24, 2.45) is 5.92 Å². The third kappa shape index (κ3) is 5.13. The van der Waals surface area contributed by atoms with Crippen LogP contribution < -0.4 is 5.32 Å². The van der Waals surface area contributed by atoms with Crippen LogP contribution in [0.4, 0.5) is 13.6 Å². The normalized spacial score (nSPS) is 19.4. The number of alkyl halides is 2. The molecule has 7 nitrogen and oxygen atoms in total. The van der Waals surface area contributed by atoms with E-state index in [1.54, 1.807) is 6.92 Å². The highest BCUT2D eigenvalue weighted by Crippen LogP contribution is 2.44. The van der Waals surface area contributed by atoms with Crippen molar-refractivity contribution in [1.82, 2.24) is 10.2 Å². The van der Waals surface area contributed by atoms with Crippen molar-refractivity contribution in [3.05, 3.63) is 59.7 Å². The van der Waals surface area contributed by atoms with Crippen molar-refractivity contribution in [1.29, 1.82) is 0 Å². The van der Waals surface area contributed by atoms with Gasteiger partial charge in [-0.25, -0.2) is 13.6 Å². The Morgan fingerprint density at radius 3 is 2.29 bits per heavy atom. The number of aliphatic carboxylic acids is 1. The van der Waals surface area contributed by atoms with Gasteiger partial charge in [-0.2, -0.15) is 0 Å². The van der Waals surface area contributed by atoms with Crippen molar-refractivity contribution in [3.63, 3.8) is 0 Å². The lowest BCUT2D eigenvalue weighted by Gasteiger charge is -2.36. The lowest BCUT2D eigenvalue weighted by atomic mass is 9.93. The molecule has 35 heavy (non-hydrogen) atoms. The SMILES string of the molecule is CC[C@@H](CC(=O)N1CCC(F)(F)C(C(=O)O)C1)NC(=O)OCC1c2ccccc2-c2ccccc21. The van der Waals surface area contributed by atoms with Crippen LogP contribution in [0.2, 0.25) is 0 Å². The zero-order valence-corrected chi connectivity index (χ0v) is 19.4. The smallest absolute Gasteiger partial charge is 0.407 e. The number of amides is 2. The number of likely N-dealkylation sites (tertiary alicyclic amines) is 1. The van der Waals surface area contributed by atoms with Crippen LogP contribution in [0.3, 0.4) is 0 Å². The lowest BCUT2D eigenvalue weighted by Crippen LogP contribution is -2.53. The minimum absolute atomic E-state index is 0.0992. The zero-order valence-electron chi connectivity index (χ0n) is 19.4. The molecule has 0 radical (unpaired) electrons. The Kier molecular flexibility index (Phi) is 7.05. The van der Waals surface area contributed by atoms with Crippen LogP contribution in [0, 0.1) is 5.92 Å².